The first kappa shape index (κ1) is 33.3. The number of anilines is 3. The van der Waals surface area contributed by atoms with E-state index in [1.54, 1.807) is 0 Å². The number of hydrogen-bond acceptors (Lipinski definition) is 2. The summed E-state index contributed by atoms with van der Waals surface area (Å²) in [6.45, 7) is 0. The molecule has 0 saturated carbocycles. The van der Waals surface area contributed by atoms with Crippen LogP contribution in [-0.2, 0) is 0 Å². The fraction of sp³-hybridized carbons (Fsp3) is 0. The van der Waals surface area contributed by atoms with Crippen LogP contribution in [0.15, 0.2) is 223 Å². The van der Waals surface area contributed by atoms with Gasteiger partial charge in [0.25, 0.3) is 0 Å². The molecule has 2 aromatic heterocycles. The summed E-state index contributed by atoms with van der Waals surface area (Å²) in [6, 6.07) is 78.8. The van der Waals surface area contributed by atoms with Crippen LogP contribution in [0, 0.1) is 0 Å². The molecule has 0 fully saturated rings. The van der Waals surface area contributed by atoms with Gasteiger partial charge in [-0.15, -0.1) is 0 Å². The molecule has 276 valence electrons. The first-order chi connectivity index (χ1) is 29.3. The molecule has 0 radical (unpaired) electrons. The monoisotopic (exact) mass is 752 g/mol. The number of rotatable bonds is 6. The lowest BCUT2D eigenvalue weighted by atomic mass is 9.97. The van der Waals surface area contributed by atoms with Crippen LogP contribution in [0.2, 0.25) is 0 Å². The highest BCUT2D eigenvalue weighted by Crippen LogP contribution is 2.44. The van der Waals surface area contributed by atoms with Crippen LogP contribution >= 0.6 is 0 Å². The second-order valence-electron chi connectivity index (χ2n) is 15.3. The summed E-state index contributed by atoms with van der Waals surface area (Å²) in [5, 5.41) is 9.68. The quantitative estimate of drug-likeness (QED) is 0.158. The SMILES string of the molecule is c1ccc(-n2c3ccccc3c3ccccc32)c(-c2ccc(N(c3ccc(-c4cccc5oc6ccccc6c45)cc3)c3cc4ccccc4c4ccccc34)cc2)c1. The third kappa shape index (κ3) is 5.29. The molecule has 0 N–H and O–H groups in total. The Morgan fingerprint density at radius 3 is 1.58 bits per heavy atom. The minimum Gasteiger partial charge on any atom is -0.456 e. The summed E-state index contributed by atoms with van der Waals surface area (Å²) in [5.74, 6) is 0. The Balaban J connectivity index is 1.02. The van der Waals surface area contributed by atoms with Gasteiger partial charge >= 0.3 is 0 Å². The molecule has 0 atom stereocenters. The van der Waals surface area contributed by atoms with Gasteiger partial charge in [-0.25, -0.2) is 0 Å². The summed E-state index contributed by atoms with van der Waals surface area (Å²) in [5.41, 5.74) is 13.3. The zero-order chi connectivity index (χ0) is 38.9. The molecular formula is C56H36N2O. The van der Waals surface area contributed by atoms with Crippen molar-refractivity contribution >= 4 is 82.4 Å². The Morgan fingerprint density at radius 2 is 0.864 bits per heavy atom. The Hall–Kier alpha value is -7.88. The van der Waals surface area contributed by atoms with Gasteiger partial charge in [-0.3, -0.25) is 0 Å². The van der Waals surface area contributed by atoms with E-state index < -0.39 is 0 Å². The normalized spacial score (nSPS) is 11.7. The Kier molecular flexibility index (Phi) is 7.54. The summed E-state index contributed by atoms with van der Waals surface area (Å²) in [7, 11) is 0. The molecule has 2 heterocycles. The molecule has 0 bridgehead atoms. The van der Waals surface area contributed by atoms with Gasteiger partial charge in [0.2, 0.25) is 0 Å². The maximum Gasteiger partial charge on any atom is 0.136 e. The molecule has 0 saturated heterocycles. The van der Waals surface area contributed by atoms with E-state index in [1.165, 1.54) is 48.9 Å². The molecular weight excluding hydrogens is 717 g/mol. The minimum atomic E-state index is 0.900. The topological polar surface area (TPSA) is 21.3 Å². The molecule has 10 aromatic carbocycles. The Labute approximate surface area is 341 Å². The van der Waals surface area contributed by atoms with Crippen LogP contribution in [-0.4, -0.2) is 4.57 Å². The lowest BCUT2D eigenvalue weighted by molar-refractivity contribution is 0.669. The molecule has 0 unspecified atom stereocenters. The average molecular weight is 753 g/mol. The van der Waals surface area contributed by atoms with Crippen LogP contribution in [0.25, 0.3) is 93.2 Å². The Bertz CT molecular complexity index is 3500. The molecule has 0 aliphatic heterocycles. The molecule has 59 heavy (non-hydrogen) atoms. The van der Waals surface area contributed by atoms with E-state index in [9.17, 15) is 0 Å². The highest BCUT2D eigenvalue weighted by molar-refractivity contribution is 6.15. The van der Waals surface area contributed by atoms with Crippen molar-refractivity contribution < 1.29 is 4.42 Å². The molecule has 12 aromatic rings. The van der Waals surface area contributed by atoms with Crippen molar-refractivity contribution in [2.45, 2.75) is 0 Å². The van der Waals surface area contributed by atoms with Gasteiger partial charge in [0, 0.05) is 43.9 Å². The number of fused-ring (bicyclic) bond motifs is 9. The van der Waals surface area contributed by atoms with Crippen LogP contribution in [0.3, 0.4) is 0 Å². The van der Waals surface area contributed by atoms with Gasteiger partial charge < -0.3 is 13.9 Å². The molecule has 0 aliphatic carbocycles. The third-order valence-corrected chi connectivity index (χ3v) is 12.0. The summed E-state index contributed by atoms with van der Waals surface area (Å²) in [6.07, 6.45) is 0. The first-order valence-electron chi connectivity index (χ1n) is 20.2. The second-order valence-corrected chi connectivity index (χ2v) is 15.3. The van der Waals surface area contributed by atoms with Gasteiger partial charge in [0.05, 0.1) is 22.4 Å². The minimum absolute atomic E-state index is 0.900. The van der Waals surface area contributed by atoms with E-state index in [-0.39, 0.29) is 0 Å². The van der Waals surface area contributed by atoms with Crippen molar-refractivity contribution in [2.75, 3.05) is 4.90 Å². The number of aromatic nitrogens is 1. The van der Waals surface area contributed by atoms with Crippen molar-refractivity contribution in [3.63, 3.8) is 0 Å². The van der Waals surface area contributed by atoms with E-state index in [1.807, 2.05) is 12.1 Å². The largest absolute Gasteiger partial charge is 0.456 e. The number of nitrogens with zero attached hydrogens (tertiary/aromatic N) is 2. The van der Waals surface area contributed by atoms with E-state index in [4.69, 9.17) is 4.42 Å². The molecule has 12 rings (SSSR count). The van der Waals surface area contributed by atoms with Crippen molar-refractivity contribution in [1.29, 1.82) is 0 Å². The number of furan rings is 1. The van der Waals surface area contributed by atoms with Gasteiger partial charge in [-0.05, 0) is 93.5 Å². The van der Waals surface area contributed by atoms with Crippen molar-refractivity contribution in [3.05, 3.63) is 218 Å². The van der Waals surface area contributed by atoms with Crippen LogP contribution in [0.5, 0.6) is 0 Å². The molecule has 0 spiro atoms. The second kappa shape index (κ2) is 13.4. The summed E-state index contributed by atoms with van der Waals surface area (Å²) < 4.78 is 8.68. The smallest absolute Gasteiger partial charge is 0.136 e. The van der Waals surface area contributed by atoms with Crippen molar-refractivity contribution in [3.8, 4) is 27.9 Å². The lowest BCUT2D eigenvalue weighted by Gasteiger charge is -2.28. The van der Waals surface area contributed by atoms with Gasteiger partial charge in [0.15, 0.2) is 0 Å². The van der Waals surface area contributed by atoms with E-state index in [0.29, 0.717) is 0 Å². The van der Waals surface area contributed by atoms with E-state index >= 15 is 0 Å². The van der Waals surface area contributed by atoms with E-state index in [0.717, 1.165) is 61.4 Å². The van der Waals surface area contributed by atoms with Crippen molar-refractivity contribution in [2.24, 2.45) is 0 Å². The van der Waals surface area contributed by atoms with Crippen molar-refractivity contribution in [1.82, 2.24) is 4.57 Å². The van der Waals surface area contributed by atoms with Gasteiger partial charge in [-0.1, -0.05) is 158 Å². The van der Waals surface area contributed by atoms with Crippen LogP contribution in [0.1, 0.15) is 0 Å². The first-order valence-corrected chi connectivity index (χ1v) is 20.2. The fourth-order valence-corrected chi connectivity index (χ4v) is 9.34. The van der Waals surface area contributed by atoms with Gasteiger partial charge in [-0.2, -0.15) is 0 Å². The number of hydrogen-bond donors (Lipinski definition) is 0. The molecule has 3 heteroatoms. The standard InChI is InChI=1S/C56H36N2O/c1-2-15-42-39(14-1)36-53(46-18-4-3-17-45(42)46)57(41-34-30-38(31-35-41)44-22-13-27-55-56(44)49-21-8-12-26-54(49)59-55)40-32-28-37(29-33-40)43-16-5-9-23-50(43)58-51-24-10-6-19-47(51)48-20-7-11-25-52(48)58/h1-36H. The molecule has 0 amide bonds. The predicted octanol–water partition coefficient (Wildman–Crippen LogP) is 15.8. The van der Waals surface area contributed by atoms with Crippen LogP contribution in [0.4, 0.5) is 17.1 Å². The fourth-order valence-electron chi connectivity index (χ4n) is 9.34. The highest BCUT2D eigenvalue weighted by atomic mass is 16.3. The van der Waals surface area contributed by atoms with E-state index in [2.05, 4.69) is 216 Å². The highest BCUT2D eigenvalue weighted by Gasteiger charge is 2.20. The van der Waals surface area contributed by atoms with Gasteiger partial charge in [0.1, 0.15) is 11.2 Å². The number of para-hydroxylation sites is 4. The predicted molar refractivity (Wildman–Crippen MR) is 249 cm³/mol. The maximum absolute atomic E-state index is 6.27. The summed E-state index contributed by atoms with van der Waals surface area (Å²) in [4.78, 5) is 2.41. The average Bonchev–Trinajstić information content (AvgIpc) is 3.86. The van der Waals surface area contributed by atoms with Crippen LogP contribution < -0.4 is 4.90 Å². The summed E-state index contributed by atoms with van der Waals surface area (Å²) >= 11 is 0. The zero-order valence-corrected chi connectivity index (χ0v) is 32.1. The molecule has 0 aliphatic rings. The zero-order valence-electron chi connectivity index (χ0n) is 32.1. The number of benzene rings is 10. The lowest BCUT2D eigenvalue weighted by Crippen LogP contribution is -2.10. The molecule has 3 nitrogen and oxygen atoms in total. The Morgan fingerprint density at radius 1 is 0.356 bits per heavy atom. The third-order valence-electron chi connectivity index (χ3n) is 12.0. The maximum atomic E-state index is 6.27.